The molecule has 1 aromatic rings. The van der Waals surface area contributed by atoms with E-state index in [0.29, 0.717) is 15.8 Å². The van der Waals surface area contributed by atoms with Gasteiger partial charge in [-0.3, -0.25) is 14.5 Å². The normalized spacial score (nSPS) is 15.3. The second-order valence-corrected chi connectivity index (χ2v) is 8.75. The Kier molecular flexibility index (Phi) is 10.2. The van der Waals surface area contributed by atoms with Crippen molar-refractivity contribution in [2.75, 3.05) is 13.7 Å². The van der Waals surface area contributed by atoms with Crippen LogP contribution < -0.4 is 4.74 Å². The summed E-state index contributed by atoms with van der Waals surface area (Å²) in [5.74, 6) is 0.0729. The number of aliphatic carboxylic acids is 1. The SMILES string of the molecule is COc1ccc(C=C2SC(=S)N(CCCCCCCCCCC(=O)O)C2=O)cc1. The maximum Gasteiger partial charge on any atom is 0.303 e. The van der Waals surface area contributed by atoms with Gasteiger partial charge in [0.05, 0.1) is 12.0 Å². The number of amides is 1. The van der Waals surface area contributed by atoms with Crippen LogP contribution in [0.15, 0.2) is 29.2 Å². The molecule has 1 aromatic carbocycles. The Labute approximate surface area is 182 Å². The van der Waals surface area contributed by atoms with Gasteiger partial charge in [0.15, 0.2) is 0 Å². The van der Waals surface area contributed by atoms with Crippen molar-refractivity contribution in [1.82, 2.24) is 4.90 Å². The first-order valence-corrected chi connectivity index (χ1v) is 11.3. The summed E-state index contributed by atoms with van der Waals surface area (Å²) in [4.78, 5) is 25.5. The first-order chi connectivity index (χ1) is 14.0. The van der Waals surface area contributed by atoms with Crippen molar-refractivity contribution in [3.05, 3.63) is 34.7 Å². The molecular formula is C22H29NO4S2. The highest BCUT2D eigenvalue weighted by Crippen LogP contribution is 2.33. The molecule has 0 spiro atoms. The van der Waals surface area contributed by atoms with Crippen molar-refractivity contribution >= 4 is 46.3 Å². The fraction of sp³-hybridized carbons (Fsp3) is 0.500. The fourth-order valence-corrected chi connectivity index (χ4v) is 4.46. The van der Waals surface area contributed by atoms with Crippen LogP contribution in [0.1, 0.15) is 63.4 Å². The molecule has 0 bridgehead atoms. The van der Waals surface area contributed by atoms with Gasteiger partial charge in [0.1, 0.15) is 10.1 Å². The van der Waals surface area contributed by atoms with Crippen LogP contribution in [0.4, 0.5) is 0 Å². The quantitative estimate of drug-likeness (QED) is 0.251. The number of nitrogens with zero attached hydrogens (tertiary/aromatic N) is 1. The number of carboxylic acids is 1. The predicted molar refractivity (Wildman–Crippen MR) is 122 cm³/mol. The van der Waals surface area contributed by atoms with Crippen LogP contribution in [-0.2, 0) is 9.59 Å². The van der Waals surface area contributed by atoms with Crippen molar-refractivity contribution in [3.8, 4) is 5.75 Å². The van der Waals surface area contributed by atoms with E-state index in [4.69, 9.17) is 22.1 Å². The zero-order valence-electron chi connectivity index (χ0n) is 16.9. The number of thiocarbonyl (C=S) groups is 1. The number of hydrogen-bond acceptors (Lipinski definition) is 5. The molecule has 5 nitrogen and oxygen atoms in total. The summed E-state index contributed by atoms with van der Waals surface area (Å²) in [6.45, 7) is 0.670. The molecule has 7 heteroatoms. The smallest absolute Gasteiger partial charge is 0.303 e. The van der Waals surface area contributed by atoms with E-state index in [-0.39, 0.29) is 12.3 Å². The van der Waals surface area contributed by atoms with Gasteiger partial charge in [-0.15, -0.1) is 0 Å². The van der Waals surface area contributed by atoms with Crippen LogP contribution in [0.5, 0.6) is 5.75 Å². The van der Waals surface area contributed by atoms with E-state index in [9.17, 15) is 9.59 Å². The molecule has 1 saturated heterocycles. The minimum absolute atomic E-state index is 0.00533. The van der Waals surface area contributed by atoms with Gasteiger partial charge < -0.3 is 9.84 Å². The topological polar surface area (TPSA) is 66.8 Å². The molecule has 2 rings (SSSR count). The Balaban J connectivity index is 1.65. The van der Waals surface area contributed by atoms with Gasteiger partial charge in [0.2, 0.25) is 0 Å². The minimum Gasteiger partial charge on any atom is -0.497 e. The Morgan fingerprint density at radius 2 is 1.66 bits per heavy atom. The van der Waals surface area contributed by atoms with Crippen molar-refractivity contribution in [2.24, 2.45) is 0 Å². The third kappa shape index (κ3) is 8.19. The highest BCUT2D eigenvalue weighted by atomic mass is 32.2. The molecule has 0 saturated carbocycles. The fourth-order valence-electron chi connectivity index (χ4n) is 3.15. The number of carboxylic acid groups (broad SMARTS) is 1. The molecule has 1 N–H and O–H groups in total. The number of ether oxygens (including phenoxy) is 1. The minimum atomic E-state index is -0.709. The number of carbonyl (C=O) groups is 2. The molecule has 1 amide bonds. The van der Waals surface area contributed by atoms with E-state index < -0.39 is 5.97 Å². The molecule has 158 valence electrons. The lowest BCUT2D eigenvalue weighted by molar-refractivity contribution is -0.137. The number of benzene rings is 1. The first kappa shape index (κ1) is 23.4. The largest absolute Gasteiger partial charge is 0.497 e. The molecule has 1 heterocycles. The monoisotopic (exact) mass is 435 g/mol. The molecule has 1 aliphatic heterocycles. The van der Waals surface area contributed by atoms with Crippen molar-refractivity contribution in [2.45, 2.75) is 57.8 Å². The number of carbonyl (C=O) groups excluding carboxylic acids is 1. The second-order valence-electron chi connectivity index (χ2n) is 7.08. The summed E-state index contributed by atoms with van der Waals surface area (Å²) < 4.78 is 5.79. The van der Waals surface area contributed by atoms with Crippen LogP contribution in [0.2, 0.25) is 0 Å². The lowest BCUT2D eigenvalue weighted by Crippen LogP contribution is -2.29. The van der Waals surface area contributed by atoms with Crippen LogP contribution in [0.3, 0.4) is 0 Å². The first-order valence-electron chi connectivity index (χ1n) is 10.1. The maximum absolute atomic E-state index is 12.6. The second kappa shape index (κ2) is 12.6. The number of hydrogen-bond donors (Lipinski definition) is 1. The Morgan fingerprint density at radius 3 is 2.24 bits per heavy atom. The van der Waals surface area contributed by atoms with E-state index in [0.717, 1.165) is 62.7 Å². The third-order valence-electron chi connectivity index (χ3n) is 4.81. The molecule has 0 radical (unpaired) electrons. The molecule has 0 aromatic heterocycles. The number of methoxy groups -OCH3 is 1. The predicted octanol–water partition coefficient (Wildman–Crippen LogP) is 5.49. The molecule has 0 aliphatic carbocycles. The lowest BCUT2D eigenvalue weighted by Gasteiger charge is -2.14. The van der Waals surface area contributed by atoms with Gasteiger partial charge in [-0.1, -0.05) is 74.6 Å². The van der Waals surface area contributed by atoms with Gasteiger partial charge in [0.25, 0.3) is 5.91 Å². The molecule has 1 fully saturated rings. The molecule has 29 heavy (non-hydrogen) atoms. The van der Waals surface area contributed by atoms with Gasteiger partial charge in [0, 0.05) is 13.0 Å². The summed E-state index contributed by atoms with van der Waals surface area (Å²) in [6.07, 6.45) is 10.5. The highest BCUT2D eigenvalue weighted by molar-refractivity contribution is 8.26. The zero-order chi connectivity index (χ0) is 21.1. The molecule has 0 atom stereocenters. The summed E-state index contributed by atoms with van der Waals surface area (Å²) in [7, 11) is 1.63. The molecule has 0 unspecified atom stereocenters. The lowest BCUT2D eigenvalue weighted by atomic mass is 10.1. The van der Waals surface area contributed by atoms with Gasteiger partial charge in [-0.2, -0.15) is 0 Å². The van der Waals surface area contributed by atoms with Gasteiger partial charge in [-0.05, 0) is 36.6 Å². The number of thioether (sulfide) groups is 1. The summed E-state index contributed by atoms with van der Waals surface area (Å²) in [5, 5.41) is 8.60. The Bertz CT molecular complexity index is 731. The van der Waals surface area contributed by atoms with E-state index >= 15 is 0 Å². The van der Waals surface area contributed by atoms with E-state index in [1.807, 2.05) is 30.3 Å². The molecular weight excluding hydrogens is 406 g/mol. The van der Waals surface area contributed by atoms with Gasteiger partial charge in [-0.25, -0.2) is 0 Å². The standard InChI is InChI=1S/C22H29NO4S2/c1-27-18-13-11-17(12-14-18)16-19-21(26)23(22(28)29-19)15-9-7-5-3-2-4-6-8-10-20(24)25/h11-14,16H,2-10,15H2,1H3,(H,24,25). The molecule has 1 aliphatic rings. The van der Waals surface area contributed by atoms with E-state index in [1.165, 1.54) is 11.8 Å². The Morgan fingerprint density at radius 1 is 1.07 bits per heavy atom. The highest BCUT2D eigenvalue weighted by Gasteiger charge is 2.31. The van der Waals surface area contributed by atoms with Crippen LogP contribution in [-0.4, -0.2) is 39.9 Å². The average molecular weight is 436 g/mol. The zero-order valence-corrected chi connectivity index (χ0v) is 18.5. The Hall–Kier alpha value is -1.86. The van der Waals surface area contributed by atoms with Gasteiger partial charge >= 0.3 is 5.97 Å². The summed E-state index contributed by atoms with van der Waals surface area (Å²) >= 11 is 6.76. The average Bonchev–Trinajstić information content (AvgIpc) is 2.96. The van der Waals surface area contributed by atoms with Crippen LogP contribution in [0.25, 0.3) is 6.08 Å². The number of rotatable bonds is 13. The van der Waals surface area contributed by atoms with Crippen LogP contribution in [0, 0.1) is 0 Å². The van der Waals surface area contributed by atoms with Crippen LogP contribution >= 0.6 is 24.0 Å². The third-order valence-corrected chi connectivity index (χ3v) is 6.19. The van der Waals surface area contributed by atoms with Crippen molar-refractivity contribution < 1.29 is 19.4 Å². The van der Waals surface area contributed by atoms with Crippen molar-refractivity contribution in [3.63, 3.8) is 0 Å². The maximum atomic E-state index is 12.6. The number of unbranched alkanes of at least 4 members (excludes halogenated alkanes) is 7. The van der Waals surface area contributed by atoms with Crippen molar-refractivity contribution in [1.29, 1.82) is 0 Å². The van der Waals surface area contributed by atoms with E-state index in [2.05, 4.69) is 0 Å². The summed E-state index contributed by atoms with van der Waals surface area (Å²) in [6, 6.07) is 7.59. The summed E-state index contributed by atoms with van der Waals surface area (Å²) in [5.41, 5.74) is 0.953. The van der Waals surface area contributed by atoms with E-state index in [1.54, 1.807) is 12.0 Å².